The van der Waals surface area contributed by atoms with E-state index in [1.165, 1.54) is 17.7 Å². The number of hydrogen-bond donors (Lipinski definition) is 2. The number of aromatic nitrogens is 2. The zero-order valence-electron chi connectivity index (χ0n) is 12.7. The molecule has 0 aliphatic rings. The molecule has 1 aromatic carbocycles. The first-order valence-electron chi connectivity index (χ1n) is 6.91. The van der Waals surface area contributed by atoms with Gasteiger partial charge in [-0.3, -0.25) is 13.9 Å². The largest absolute Gasteiger partial charge is 0.387 e. The zero-order chi connectivity index (χ0) is 17.1. The van der Waals surface area contributed by atoms with E-state index < -0.39 is 11.8 Å². The summed E-state index contributed by atoms with van der Waals surface area (Å²) in [6, 6.07) is 6.24. The van der Waals surface area contributed by atoms with Gasteiger partial charge in [0.05, 0.1) is 6.10 Å². The lowest BCUT2D eigenvalue weighted by Crippen LogP contribution is -2.39. The molecule has 0 bridgehead atoms. The number of hydrogen-bond acceptors (Lipinski definition) is 4. The van der Waals surface area contributed by atoms with E-state index in [-0.39, 0.29) is 18.6 Å². The maximum Gasteiger partial charge on any atom is 0.330 e. The molecule has 2 aromatic rings. The summed E-state index contributed by atoms with van der Waals surface area (Å²) in [5, 5.41) is 14.1. The van der Waals surface area contributed by atoms with Crippen LogP contribution in [0.2, 0.25) is 10.0 Å². The lowest BCUT2D eigenvalue weighted by atomic mass is 10.1. The van der Waals surface area contributed by atoms with Crippen molar-refractivity contribution in [3.8, 4) is 0 Å². The van der Waals surface area contributed by atoms with Crippen molar-refractivity contribution in [1.82, 2.24) is 14.5 Å². The Kier molecular flexibility index (Phi) is 5.64. The highest BCUT2D eigenvalue weighted by Gasteiger charge is 2.13. The van der Waals surface area contributed by atoms with E-state index in [2.05, 4.69) is 5.32 Å². The first-order chi connectivity index (χ1) is 10.8. The third kappa shape index (κ3) is 4.03. The smallest absolute Gasteiger partial charge is 0.330 e. The molecular formula is C15H17Cl2N3O3. The molecular weight excluding hydrogens is 341 g/mol. The number of nitrogens with one attached hydrogen (secondary N) is 1. The minimum Gasteiger partial charge on any atom is -0.387 e. The van der Waals surface area contributed by atoms with E-state index in [1.807, 2.05) is 0 Å². The van der Waals surface area contributed by atoms with Gasteiger partial charge in [-0.1, -0.05) is 23.2 Å². The molecule has 23 heavy (non-hydrogen) atoms. The molecule has 0 aliphatic carbocycles. The second-order valence-electron chi connectivity index (χ2n) is 5.19. The quantitative estimate of drug-likeness (QED) is 0.843. The van der Waals surface area contributed by atoms with E-state index in [9.17, 15) is 14.7 Å². The van der Waals surface area contributed by atoms with Gasteiger partial charge in [0.2, 0.25) is 0 Å². The predicted molar refractivity (Wildman–Crippen MR) is 90.1 cm³/mol. The highest BCUT2D eigenvalue weighted by molar-refractivity contribution is 6.33. The topological polar surface area (TPSA) is 76.3 Å². The Morgan fingerprint density at radius 2 is 1.87 bits per heavy atom. The monoisotopic (exact) mass is 357 g/mol. The predicted octanol–water partition coefficient (Wildman–Crippen LogP) is 1.21. The molecule has 0 saturated heterocycles. The fourth-order valence-corrected chi connectivity index (χ4v) is 2.59. The fraction of sp³-hybridized carbons (Fsp3) is 0.333. The molecule has 0 spiro atoms. The first-order valence-corrected chi connectivity index (χ1v) is 7.66. The Hall–Kier alpha value is -1.60. The number of aliphatic hydroxyl groups is 1. The van der Waals surface area contributed by atoms with Crippen molar-refractivity contribution in [1.29, 1.82) is 0 Å². The maximum absolute atomic E-state index is 11.8. The Bertz CT molecular complexity index is 830. The van der Waals surface area contributed by atoms with Gasteiger partial charge < -0.3 is 10.4 Å². The normalized spacial score (nSPS) is 12.4. The SMILES string of the molecule is Cn1c(CNCC(O)c2cc(Cl)ccc2Cl)cc(=O)n(C)c1=O. The maximum atomic E-state index is 11.8. The van der Waals surface area contributed by atoms with Crippen LogP contribution in [-0.2, 0) is 20.6 Å². The molecule has 2 N–H and O–H groups in total. The summed E-state index contributed by atoms with van der Waals surface area (Å²) < 4.78 is 2.41. The molecule has 0 saturated carbocycles. The van der Waals surface area contributed by atoms with Crippen LogP contribution in [0.5, 0.6) is 0 Å². The van der Waals surface area contributed by atoms with Gasteiger partial charge >= 0.3 is 5.69 Å². The average molecular weight is 358 g/mol. The van der Waals surface area contributed by atoms with Gasteiger partial charge in [-0.05, 0) is 18.2 Å². The van der Waals surface area contributed by atoms with Gasteiger partial charge in [0, 0.05) is 54.6 Å². The molecule has 8 heteroatoms. The Morgan fingerprint density at radius 1 is 1.17 bits per heavy atom. The van der Waals surface area contributed by atoms with Gasteiger partial charge in [0.15, 0.2) is 0 Å². The summed E-state index contributed by atoms with van der Waals surface area (Å²) in [6.07, 6.45) is -0.857. The molecule has 124 valence electrons. The van der Waals surface area contributed by atoms with Crippen molar-refractivity contribution in [2.75, 3.05) is 6.54 Å². The van der Waals surface area contributed by atoms with E-state index >= 15 is 0 Å². The summed E-state index contributed by atoms with van der Waals surface area (Å²) in [7, 11) is 3.01. The van der Waals surface area contributed by atoms with Crippen LogP contribution in [0.25, 0.3) is 0 Å². The fourth-order valence-electron chi connectivity index (χ4n) is 2.16. The van der Waals surface area contributed by atoms with Crippen molar-refractivity contribution in [3.05, 3.63) is 66.4 Å². The van der Waals surface area contributed by atoms with Crippen molar-refractivity contribution in [2.45, 2.75) is 12.6 Å². The van der Waals surface area contributed by atoms with Crippen molar-refractivity contribution in [3.63, 3.8) is 0 Å². The lowest BCUT2D eigenvalue weighted by molar-refractivity contribution is 0.174. The second kappa shape index (κ2) is 7.31. The number of aliphatic hydroxyl groups excluding tert-OH is 1. The summed E-state index contributed by atoms with van der Waals surface area (Å²) in [5.74, 6) is 0. The summed E-state index contributed by atoms with van der Waals surface area (Å²) in [6.45, 7) is 0.459. The standard InChI is InChI=1S/C15H17Cl2N3O3/c1-19-10(6-14(22)20(2)15(19)23)7-18-8-13(21)11-5-9(16)3-4-12(11)17/h3-6,13,18,21H,7-8H2,1-2H3. The number of nitrogens with zero attached hydrogens (tertiary/aromatic N) is 2. The van der Waals surface area contributed by atoms with Crippen LogP contribution in [0.15, 0.2) is 33.9 Å². The molecule has 1 heterocycles. The second-order valence-corrected chi connectivity index (χ2v) is 6.03. The van der Waals surface area contributed by atoms with Crippen LogP contribution in [0.4, 0.5) is 0 Å². The summed E-state index contributed by atoms with van der Waals surface area (Å²) >= 11 is 11.9. The molecule has 1 unspecified atom stereocenters. The third-order valence-corrected chi connectivity index (χ3v) is 4.17. The highest BCUT2D eigenvalue weighted by Crippen LogP contribution is 2.25. The first kappa shape index (κ1) is 17.7. The van der Waals surface area contributed by atoms with Gasteiger partial charge in [-0.15, -0.1) is 0 Å². The van der Waals surface area contributed by atoms with Gasteiger partial charge in [0.1, 0.15) is 0 Å². The van der Waals surface area contributed by atoms with Crippen LogP contribution in [0.1, 0.15) is 17.4 Å². The average Bonchev–Trinajstić information content (AvgIpc) is 2.52. The molecule has 0 amide bonds. The Morgan fingerprint density at radius 3 is 2.57 bits per heavy atom. The molecule has 6 nitrogen and oxygen atoms in total. The molecule has 0 aliphatic heterocycles. The minimum absolute atomic E-state index is 0.198. The van der Waals surface area contributed by atoms with Gasteiger partial charge in [-0.2, -0.15) is 0 Å². The van der Waals surface area contributed by atoms with Gasteiger partial charge in [0.25, 0.3) is 5.56 Å². The van der Waals surface area contributed by atoms with Crippen LogP contribution in [-0.4, -0.2) is 20.8 Å². The Balaban J connectivity index is 2.07. The van der Waals surface area contributed by atoms with Crippen LogP contribution >= 0.6 is 23.2 Å². The number of rotatable bonds is 5. The molecule has 1 aromatic heterocycles. The van der Waals surface area contributed by atoms with Crippen LogP contribution < -0.4 is 16.6 Å². The zero-order valence-corrected chi connectivity index (χ0v) is 14.2. The van der Waals surface area contributed by atoms with Crippen LogP contribution in [0, 0.1) is 0 Å². The van der Waals surface area contributed by atoms with Gasteiger partial charge in [-0.25, -0.2) is 4.79 Å². The molecule has 0 radical (unpaired) electrons. The highest BCUT2D eigenvalue weighted by atomic mass is 35.5. The summed E-state index contributed by atoms with van der Waals surface area (Å²) in [4.78, 5) is 23.5. The molecule has 0 fully saturated rings. The third-order valence-electron chi connectivity index (χ3n) is 3.59. The van der Waals surface area contributed by atoms with Crippen molar-refractivity contribution in [2.24, 2.45) is 14.1 Å². The minimum atomic E-state index is -0.857. The van der Waals surface area contributed by atoms with E-state index in [0.717, 1.165) is 4.57 Å². The van der Waals surface area contributed by atoms with Crippen molar-refractivity contribution >= 4 is 23.2 Å². The van der Waals surface area contributed by atoms with Crippen LogP contribution in [0.3, 0.4) is 0 Å². The summed E-state index contributed by atoms with van der Waals surface area (Å²) in [5.41, 5.74) is 0.281. The lowest BCUT2D eigenvalue weighted by Gasteiger charge is -2.15. The molecule has 1 atom stereocenters. The van der Waals surface area contributed by atoms with Crippen molar-refractivity contribution < 1.29 is 5.11 Å². The van der Waals surface area contributed by atoms with E-state index in [4.69, 9.17) is 23.2 Å². The number of halogens is 2. The van der Waals surface area contributed by atoms with E-state index in [0.29, 0.717) is 21.3 Å². The number of benzene rings is 1. The Labute approximate surface area is 142 Å². The molecule has 2 rings (SSSR count). The van der Waals surface area contributed by atoms with E-state index in [1.54, 1.807) is 25.2 Å².